The van der Waals surface area contributed by atoms with Crippen molar-refractivity contribution in [3.63, 3.8) is 0 Å². The Morgan fingerprint density at radius 1 is 1.06 bits per heavy atom. The molecule has 7 nitrogen and oxygen atoms in total. The summed E-state index contributed by atoms with van der Waals surface area (Å²) in [5, 5.41) is 9.90. The smallest absolute Gasteiger partial charge is 0.344 e. The second kappa shape index (κ2) is 12.3. The molecule has 3 aromatic carbocycles. The summed E-state index contributed by atoms with van der Waals surface area (Å²) >= 11 is 6.13. The number of hydrogen-bond acceptors (Lipinski definition) is 6. The largest absolute Gasteiger partial charge is 0.494 e. The predicted molar refractivity (Wildman–Crippen MR) is 140 cm³/mol. The minimum absolute atomic E-state index is 0.389. The second-order valence-electron chi connectivity index (χ2n) is 8.36. The van der Waals surface area contributed by atoms with E-state index in [1.807, 2.05) is 54.6 Å². The Labute approximate surface area is 215 Å². The SMILES string of the molecule is CCC(Oc1cccc(CCN(CCCOc2ccccc2)c2nc3cc(Cl)ccc3o2)c1)C(=O)O. The van der Waals surface area contributed by atoms with Crippen LogP contribution in [0.25, 0.3) is 11.1 Å². The molecule has 1 atom stereocenters. The number of fused-ring (bicyclic) bond motifs is 1. The van der Waals surface area contributed by atoms with Crippen LogP contribution in [0.4, 0.5) is 6.01 Å². The minimum Gasteiger partial charge on any atom is -0.494 e. The third kappa shape index (κ3) is 6.92. The van der Waals surface area contributed by atoms with Crippen LogP contribution in [0, 0.1) is 0 Å². The number of rotatable bonds is 13. The molecule has 0 amide bonds. The fourth-order valence-electron chi connectivity index (χ4n) is 3.80. The van der Waals surface area contributed by atoms with Crippen molar-refractivity contribution in [2.45, 2.75) is 32.3 Å². The van der Waals surface area contributed by atoms with Crippen LogP contribution >= 0.6 is 11.6 Å². The Balaban J connectivity index is 1.44. The van der Waals surface area contributed by atoms with E-state index in [4.69, 9.17) is 25.5 Å². The lowest BCUT2D eigenvalue weighted by molar-refractivity contribution is -0.145. The molecule has 0 saturated heterocycles. The summed E-state index contributed by atoms with van der Waals surface area (Å²) in [6, 6.07) is 23.2. The van der Waals surface area contributed by atoms with E-state index in [1.54, 1.807) is 25.1 Å². The summed E-state index contributed by atoms with van der Waals surface area (Å²) in [7, 11) is 0. The first-order valence-corrected chi connectivity index (χ1v) is 12.4. The van der Waals surface area contributed by atoms with Gasteiger partial charge in [0.2, 0.25) is 0 Å². The Morgan fingerprint density at radius 2 is 1.86 bits per heavy atom. The van der Waals surface area contributed by atoms with E-state index < -0.39 is 12.1 Å². The van der Waals surface area contributed by atoms with Crippen LogP contribution < -0.4 is 14.4 Å². The van der Waals surface area contributed by atoms with Crippen LogP contribution in [0.3, 0.4) is 0 Å². The molecule has 0 radical (unpaired) electrons. The van der Waals surface area contributed by atoms with Gasteiger partial charge in [-0.2, -0.15) is 4.98 Å². The molecule has 1 heterocycles. The van der Waals surface area contributed by atoms with Crippen molar-refractivity contribution in [2.75, 3.05) is 24.6 Å². The van der Waals surface area contributed by atoms with Crippen LogP contribution in [-0.4, -0.2) is 41.9 Å². The highest BCUT2D eigenvalue weighted by atomic mass is 35.5. The van der Waals surface area contributed by atoms with Crippen LogP contribution in [0.15, 0.2) is 77.2 Å². The number of carbonyl (C=O) groups is 1. The lowest BCUT2D eigenvalue weighted by atomic mass is 10.1. The molecule has 1 unspecified atom stereocenters. The molecule has 1 N–H and O–H groups in total. The maximum absolute atomic E-state index is 11.3. The van der Waals surface area contributed by atoms with Gasteiger partial charge >= 0.3 is 5.97 Å². The number of carboxylic acid groups (broad SMARTS) is 1. The van der Waals surface area contributed by atoms with E-state index in [-0.39, 0.29) is 0 Å². The highest BCUT2D eigenvalue weighted by Crippen LogP contribution is 2.25. The first-order chi connectivity index (χ1) is 17.5. The number of para-hydroxylation sites is 1. The van der Waals surface area contributed by atoms with Gasteiger partial charge in [0.15, 0.2) is 11.7 Å². The summed E-state index contributed by atoms with van der Waals surface area (Å²) in [4.78, 5) is 18.1. The average molecular weight is 509 g/mol. The van der Waals surface area contributed by atoms with Crippen LogP contribution in [-0.2, 0) is 11.2 Å². The normalized spacial score (nSPS) is 11.8. The molecule has 0 spiro atoms. The van der Waals surface area contributed by atoms with Gasteiger partial charge in [-0.05, 0) is 67.3 Å². The van der Waals surface area contributed by atoms with Gasteiger partial charge in [0.25, 0.3) is 6.01 Å². The molecule has 188 valence electrons. The molecule has 0 aliphatic carbocycles. The molecule has 0 fully saturated rings. The van der Waals surface area contributed by atoms with Gasteiger partial charge in [-0.1, -0.05) is 48.9 Å². The lowest BCUT2D eigenvalue weighted by Crippen LogP contribution is -2.28. The van der Waals surface area contributed by atoms with E-state index in [0.717, 1.165) is 17.7 Å². The van der Waals surface area contributed by atoms with Gasteiger partial charge < -0.3 is 23.9 Å². The highest BCUT2D eigenvalue weighted by Gasteiger charge is 2.18. The zero-order valence-electron chi connectivity index (χ0n) is 20.1. The van der Waals surface area contributed by atoms with Crippen molar-refractivity contribution in [3.05, 3.63) is 83.4 Å². The number of carboxylic acids is 1. The molecular weight excluding hydrogens is 480 g/mol. The third-order valence-electron chi connectivity index (χ3n) is 5.69. The quantitative estimate of drug-likeness (QED) is 0.214. The molecule has 4 aromatic rings. The van der Waals surface area contributed by atoms with Crippen molar-refractivity contribution >= 4 is 34.7 Å². The molecule has 0 saturated carbocycles. The van der Waals surface area contributed by atoms with Crippen LogP contribution in [0.2, 0.25) is 5.02 Å². The number of hydrogen-bond donors (Lipinski definition) is 1. The maximum Gasteiger partial charge on any atom is 0.344 e. The molecule has 0 bridgehead atoms. The highest BCUT2D eigenvalue weighted by molar-refractivity contribution is 6.31. The number of anilines is 1. The van der Waals surface area contributed by atoms with E-state index in [9.17, 15) is 9.90 Å². The molecule has 1 aromatic heterocycles. The first-order valence-electron chi connectivity index (χ1n) is 12.0. The van der Waals surface area contributed by atoms with Crippen molar-refractivity contribution in [2.24, 2.45) is 0 Å². The lowest BCUT2D eigenvalue weighted by Gasteiger charge is -2.21. The topological polar surface area (TPSA) is 85.0 Å². The van der Waals surface area contributed by atoms with Crippen LogP contribution in [0.1, 0.15) is 25.3 Å². The molecular formula is C28H29ClN2O5. The fraction of sp³-hybridized carbons (Fsp3) is 0.286. The van der Waals surface area contributed by atoms with Gasteiger partial charge in [-0.3, -0.25) is 0 Å². The molecule has 36 heavy (non-hydrogen) atoms. The monoisotopic (exact) mass is 508 g/mol. The molecule has 0 aliphatic heterocycles. The van der Waals surface area contributed by atoms with Gasteiger partial charge in [0.05, 0.1) is 6.61 Å². The summed E-state index contributed by atoms with van der Waals surface area (Å²) < 4.78 is 17.5. The number of aliphatic carboxylic acids is 1. The number of benzene rings is 3. The zero-order chi connectivity index (χ0) is 25.3. The van der Waals surface area contributed by atoms with Gasteiger partial charge in [0.1, 0.15) is 17.0 Å². The van der Waals surface area contributed by atoms with E-state index >= 15 is 0 Å². The minimum atomic E-state index is -0.970. The van der Waals surface area contributed by atoms with Gasteiger partial charge in [-0.15, -0.1) is 0 Å². The molecule has 8 heteroatoms. The molecule has 0 aliphatic rings. The number of oxazole rings is 1. The van der Waals surface area contributed by atoms with Crippen LogP contribution in [0.5, 0.6) is 11.5 Å². The Kier molecular flexibility index (Phi) is 8.68. The summed E-state index contributed by atoms with van der Waals surface area (Å²) in [6.07, 6.45) is 0.988. The number of ether oxygens (including phenoxy) is 2. The number of aromatic nitrogens is 1. The number of nitrogens with zero attached hydrogens (tertiary/aromatic N) is 2. The molecule has 4 rings (SSSR count). The second-order valence-corrected chi connectivity index (χ2v) is 8.80. The van der Waals surface area contributed by atoms with E-state index in [1.165, 1.54) is 0 Å². The van der Waals surface area contributed by atoms with E-state index in [0.29, 0.717) is 60.4 Å². The van der Waals surface area contributed by atoms with Crippen molar-refractivity contribution in [1.82, 2.24) is 4.98 Å². The third-order valence-corrected chi connectivity index (χ3v) is 5.92. The standard InChI is InChI=1S/C28H29ClN2O5/c1-2-25(27(32)33)35-23-11-6-8-20(18-23)14-16-31(15-7-17-34-22-9-4-3-5-10-22)28-30-24-19-21(29)12-13-26(24)36-28/h3-6,8-13,18-19,25H,2,7,14-17H2,1H3,(H,32,33). The average Bonchev–Trinajstić information content (AvgIpc) is 3.30. The summed E-state index contributed by atoms with van der Waals surface area (Å²) in [5.41, 5.74) is 2.41. The fourth-order valence-corrected chi connectivity index (χ4v) is 3.97. The van der Waals surface area contributed by atoms with Crippen molar-refractivity contribution in [1.29, 1.82) is 0 Å². The predicted octanol–water partition coefficient (Wildman–Crippen LogP) is 6.24. The van der Waals surface area contributed by atoms with Gasteiger partial charge in [0, 0.05) is 18.1 Å². The first kappa shape index (κ1) is 25.4. The Morgan fingerprint density at radius 3 is 2.64 bits per heavy atom. The zero-order valence-corrected chi connectivity index (χ0v) is 20.9. The van der Waals surface area contributed by atoms with Crippen molar-refractivity contribution in [3.8, 4) is 11.5 Å². The number of halogens is 1. The van der Waals surface area contributed by atoms with Crippen molar-refractivity contribution < 1.29 is 23.8 Å². The van der Waals surface area contributed by atoms with E-state index in [2.05, 4.69) is 9.88 Å². The summed E-state index contributed by atoms with van der Waals surface area (Å²) in [5.74, 6) is 0.410. The maximum atomic E-state index is 11.3. The Bertz CT molecular complexity index is 1280. The summed E-state index contributed by atoms with van der Waals surface area (Å²) in [6.45, 7) is 3.67. The Hall–Kier alpha value is -3.71. The van der Waals surface area contributed by atoms with Gasteiger partial charge in [-0.25, -0.2) is 4.79 Å².